The fourth-order valence-corrected chi connectivity index (χ4v) is 1.57. The van der Waals surface area contributed by atoms with Crippen molar-refractivity contribution in [1.82, 2.24) is 5.32 Å². The van der Waals surface area contributed by atoms with Gasteiger partial charge in [0.05, 0.1) is 6.26 Å². The lowest BCUT2D eigenvalue weighted by molar-refractivity contribution is 0.0924. The van der Waals surface area contributed by atoms with Crippen LogP contribution < -0.4 is 5.32 Å². The van der Waals surface area contributed by atoms with Gasteiger partial charge in [-0.15, -0.1) is 11.6 Å². The average Bonchev–Trinajstić information content (AvgIpc) is 2.70. The van der Waals surface area contributed by atoms with Gasteiger partial charge in [0.15, 0.2) is 5.76 Å². The van der Waals surface area contributed by atoms with Crippen LogP contribution in [-0.4, -0.2) is 18.3 Å². The van der Waals surface area contributed by atoms with Gasteiger partial charge < -0.3 is 9.73 Å². The Balaban J connectivity index is 2.24. The van der Waals surface area contributed by atoms with Gasteiger partial charge in [0, 0.05) is 18.0 Å². The van der Waals surface area contributed by atoms with Gasteiger partial charge in [0.25, 0.3) is 5.91 Å². The van der Waals surface area contributed by atoms with Gasteiger partial charge in [0.1, 0.15) is 0 Å². The minimum absolute atomic E-state index is 0.138. The lowest BCUT2D eigenvalue weighted by Gasteiger charge is -2.07. The van der Waals surface area contributed by atoms with Gasteiger partial charge in [-0.05, 0) is 31.7 Å². The van der Waals surface area contributed by atoms with Crippen LogP contribution in [0.2, 0.25) is 0 Å². The summed E-state index contributed by atoms with van der Waals surface area (Å²) in [7, 11) is 0. The molecular weight excluding hydrogens is 226 g/mol. The van der Waals surface area contributed by atoms with Gasteiger partial charge in [-0.1, -0.05) is 6.92 Å². The molecule has 1 aromatic heterocycles. The number of nitrogens with one attached hydrogen (secondary N) is 1. The van der Waals surface area contributed by atoms with Crippen LogP contribution in [0.25, 0.3) is 0 Å². The second-order valence-electron chi connectivity index (χ2n) is 4.09. The first-order valence-electron chi connectivity index (χ1n) is 5.53. The lowest BCUT2D eigenvalue weighted by Crippen LogP contribution is -2.24. The molecule has 1 heterocycles. The van der Waals surface area contributed by atoms with Crippen LogP contribution in [0, 0.1) is 12.8 Å². The predicted molar refractivity (Wildman–Crippen MR) is 64.9 cm³/mol. The van der Waals surface area contributed by atoms with E-state index >= 15 is 0 Å². The summed E-state index contributed by atoms with van der Waals surface area (Å²) in [6, 6.07) is 1.78. The molecule has 1 aromatic rings. The smallest absolute Gasteiger partial charge is 0.287 e. The van der Waals surface area contributed by atoms with Crippen LogP contribution in [-0.2, 0) is 0 Å². The summed E-state index contributed by atoms with van der Waals surface area (Å²) in [5, 5.41) is 2.83. The summed E-state index contributed by atoms with van der Waals surface area (Å²) in [5.41, 5.74) is 0.867. The number of carbonyl (C=O) groups is 1. The number of hydrogen-bond donors (Lipinski definition) is 1. The Kier molecular flexibility index (Phi) is 5.39. The molecule has 0 radical (unpaired) electrons. The van der Waals surface area contributed by atoms with Crippen LogP contribution in [0.5, 0.6) is 0 Å². The molecule has 3 nitrogen and oxygen atoms in total. The SMILES string of the molecule is Cc1ccoc1C(=O)NCCCC(C)CCl. The Morgan fingerprint density at radius 3 is 2.94 bits per heavy atom. The molecule has 0 aliphatic heterocycles. The van der Waals surface area contributed by atoms with Crippen molar-refractivity contribution in [2.75, 3.05) is 12.4 Å². The number of carbonyl (C=O) groups excluding carboxylic acids is 1. The molecule has 90 valence electrons. The zero-order valence-electron chi connectivity index (χ0n) is 9.75. The summed E-state index contributed by atoms with van der Waals surface area (Å²) >= 11 is 5.69. The molecule has 4 heteroatoms. The number of amides is 1. The fourth-order valence-electron chi connectivity index (χ4n) is 1.42. The van der Waals surface area contributed by atoms with Crippen molar-refractivity contribution in [3.05, 3.63) is 23.7 Å². The average molecular weight is 244 g/mol. The van der Waals surface area contributed by atoms with Crippen LogP contribution in [0.1, 0.15) is 35.9 Å². The van der Waals surface area contributed by atoms with Crippen molar-refractivity contribution in [2.45, 2.75) is 26.7 Å². The van der Waals surface area contributed by atoms with Crippen LogP contribution >= 0.6 is 11.6 Å². The quantitative estimate of drug-likeness (QED) is 0.617. The molecule has 0 aromatic carbocycles. The molecule has 0 aliphatic rings. The molecular formula is C12H18ClNO2. The normalized spacial score (nSPS) is 12.4. The number of halogens is 1. The second kappa shape index (κ2) is 6.59. The third-order valence-electron chi connectivity index (χ3n) is 2.49. The zero-order chi connectivity index (χ0) is 12.0. The number of furan rings is 1. The van der Waals surface area contributed by atoms with Gasteiger partial charge in [-0.3, -0.25) is 4.79 Å². The summed E-state index contributed by atoms with van der Waals surface area (Å²) in [6.45, 7) is 4.62. The van der Waals surface area contributed by atoms with E-state index in [2.05, 4.69) is 12.2 Å². The van der Waals surface area contributed by atoms with Crippen molar-refractivity contribution in [2.24, 2.45) is 5.92 Å². The summed E-state index contributed by atoms with van der Waals surface area (Å²) in [5.74, 6) is 1.45. The van der Waals surface area contributed by atoms with Crippen molar-refractivity contribution in [3.8, 4) is 0 Å². The van der Waals surface area contributed by atoms with E-state index in [4.69, 9.17) is 16.0 Å². The molecule has 0 aliphatic carbocycles. The standard InChI is InChI=1S/C12H18ClNO2/c1-9(8-13)4-3-6-14-12(15)11-10(2)5-7-16-11/h5,7,9H,3-4,6,8H2,1-2H3,(H,14,15). The second-order valence-corrected chi connectivity index (χ2v) is 4.40. The van der Waals surface area contributed by atoms with Crippen molar-refractivity contribution < 1.29 is 9.21 Å². The molecule has 1 amide bonds. The van der Waals surface area contributed by atoms with E-state index in [0.29, 0.717) is 24.1 Å². The molecule has 0 saturated heterocycles. The zero-order valence-corrected chi connectivity index (χ0v) is 10.5. The number of rotatable bonds is 6. The van der Waals surface area contributed by atoms with Gasteiger partial charge >= 0.3 is 0 Å². The first kappa shape index (κ1) is 13.1. The minimum Gasteiger partial charge on any atom is -0.459 e. The highest BCUT2D eigenvalue weighted by Crippen LogP contribution is 2.09. The van der Waals surface area contributed by atoms with E-state index < -0.39 is 0 Å². The molecule has 0 spiro atoms. The Morgan fingerprint density at radius 1 is 1.62 bits per heavy atom. The highest BCUT2D eigenvalue weighted by molar-refractivity contribution is 6.18. The Hall–Kier alpha value is -0.960. The van der Waals surface area contributed by atoms with E-state index in [1.807, 2.05) is 6.92 Å². The van der Waals surface area contributed by atoms with E-state index in [0.717, 1.165) is 18.4 Å². The maximum atomic E-state index is 11.6. The lowest BCUT2D eigenvalue weighted by atomic mass is 10.1. The minimum atomic E-state index is -0.138. The van der Waals surface area contributed by atoms with Crippen LogP contribution in [0.15, 0.2) is 16.7 Å². The van der Waals surface area contributed by atoms with Gasteiger partial charge in [0.2, 0.25) is 0 Å². The predicted octanol–water partition coefficient (Wildman–Crippen LogP) is 2.97. The van der Waals surface area contributed by atoms with Crippen molar-refractivity contribution in [3.63, 3.8) is 0 Å². The topological polar surface area (TPSA) is 42.2 Å². The van der Waals surface area contributed by atoms with E-state index in [1.165, 1.54) is 6.26 Å². The molecule has 1 N–H and O–H groups in total. The summed E-state index contributed by atoms with van der Waals surface area (Å²) < 4.78 is 5.09. The van der Waals surface area contributed by atoms with Crippen molar-refractivity contribution >= 4 is 17.5 Å². The largest absolute Gasteiger partial charge is 0.459 e. The maximum Gasteiger partial charge on any atom is 0.287 e. The van der Waals surface area contributed by atoms with E-state index in [1.54, 1.807) is 6.07 Å². The highest BCUT2D eigenvalue weighted by atomic mass is 35.5. The molecule has 0 fully saturated rings. The summed E-state index contributed by atoms with van der Waals surface area (Å²) in [4.78, 5) is 11.6. The summed E-state index contributed by atoms with van der Waals surface area (Å²) in [6.07, 6.45) is 3.50. The molecule has 1 rings (SSSR count). The molecule has 16 heavy (non-hydrogen) atoms. The highest BCUT2D eigenvalue weighted by Gasteiger charge is 2.11. The number of aryl methyl sites for hydroxylation is 1. The van der Waals surface area contributed by atoms with E-state index in [9.17, 15) is 4.79 Å². The third kappa shape index (κ3) is 3.89. The molecule has 0 saturated carbocycles. The molecule has 1 atom stereocenters. The maximum absolute atomic E-state index is 11.6. The Bertz CT molecular complexity index is 336. The third-order valence-corrected chi connectivity index (χ3v) is 3.02. The Morgan fingerprint density at radius 2 is 2.38 bits per heavy atom. The fraction of sp³-hybridized carbons (Fsp3) is 0.583. The van der Waals surface area contributed by atoms with Crippen molar-refractivity contribution in [1.29, 1.82) is 0 Å². The van der Waals surface area contributed by atoms with Gasteiger partial charge in [-0.2, -0.15) is 0 Å². The number of hydrogen-bond acceptors (Lipinski definition) is 2. The van der Waals surface area contributed by atoms with E-state index in [-0.39, 0.29) is 5.91 Å². The molecule has 1 unspecified atom stereocenters. The monoisotopic (exact) mass is 243 g/mol. The first-order valence-corrected chi connectivity index (χ1v) is 6.07. The van der Waals surface area contributed by atoms with Crippen LogP contribution in [0.4, 0.5) is 0 Å². The van der Waals surface area contributed by atoms with Crippen LogP contribution in [0.3, 0.4) is 0 Å². The first-order chi connectivity index (χ1) is 7.65. The van der Waals surface area contributed by atoms with Gasteiger partial charge in [-0.25, -0.2) is 0 Å². The number of alkyl halides is 1. The molecule has 0 bridgehead atoms. The Labute approximate surface area is 101 Å².